The fraction of sp³-hybridized carbons (Fsp3) is 0.385. The molecule has 1 aromatic rings. The maximum Gasteiger partial charge on any atom is 0.354 e. The standard InChI is InChI=1S/C13H17N3O4/c1-13(2,12(20)14-3)7-15-10(17)8-5-4-6-9(16-8)11(18)19/h4-6H,7H2,1-3H3,(H,14,20)(H,15,17)(H,18,19). The van der Waals surface area contributed by atoms with Gasteiger partial charge >= 0.3 is 5.97 Å². The van der Waals surface area contributed by atoms with E-state index in [2.05, 4.69) is 15.6 Å². The Balaban J connectivity index is 2.75. The lowest BCUT2D eigenvalue weighted by atomic mass is 9.92. The summed E-state index contributed by atoms with van der Waals surface area (Å²) in [5.41, 5.74) is -0.977. The van der Waals surface area contributed by atoms with E-state index in [0.717, 1.165) is 0 Å². The molecule has 0 spiro atoms. The van der Waals surface area contributed by atoms with Crippen LogP contribution >= 0.6 is 0 Å². The monoisotopic (exact) mass is 279 g/mol. The van der Waals surface area contributed by atoms with Gasteiger partial charge in [0.25, 0.3) is 5.91 Å². The van der Waals surface area contributed by atoms with Crippen molar-refractivity contribution in [3.05, 3.63) is 29.6 Å². The van der Waals surface area contributed by atoms with Gasteiger partial charge in [-0.25, -0.2) is 9.78 Å². The van der Waals surface area contributed by atoms with E-state index in [-0.39, 0.29) is 23.8 Å². The maximum absolute atomic E-state index is 11.9. The van der Waals surface area contributed by atoms with Crippen molar-refractivity contribution in [1.29, 1.82) is 0 Å². The van der Waals surface area contributed by atoms with Crippen LogP contribution in [0, 0.1) is 5.41 Å². The van der Waals surface area contributed by atoms with Crippen LogP contribution in [0.25, 0.3) is 0 Å². The van der Waals surface area contributed by atoms with Crippen LogP contribution in [0.5, 0.6) is 0 Å². The summed E-state index contributed by atoms with van der Waals surface area (Å²) in [6.07, 6.45) is 0. The number of amides is 2. The van der Waals surface area contributed by atoms with Gasteiger partial charge in [0.05, 0.1) is 5.41 Å². The number of rotatable bonds is 5. The first-order valence-electron chi connectivity index (χ1n) is 5.98. The summed E-state index contributed by atoms with van der Waals surface area (Å²) in [6.45, 7) is 3.49. The minimum atomic E-state index is -1.20. The van der Waals surface area contributed by atoms with Crippen LogP contribution < -0.4 is 10.6 Å². The lowest BCUT2D eigenvalue weighted by Gasteiger charge is -2.22. The van der Waals surface area contributed by atoms with Gasteiger partial charge in [-0.3, -0.25) is 9.59 Å². The number of carboxylic acid groups (broad SMARTS) is 1. The summed E-state index contributed by atoms with van der Waals surface area (Å²) in [5, 5.41) is 13.9. The van der Waals surface area contributed by atoms with Crippen LogP contribution in [0.2, 0.25) is 0 Å². The second kappa shape index (κ2) is 6.14. The van der Waals surface area contributed by atoms with E-state index in [1.165, 1.54) is 25.2 Å². The van der Waals surface area contributed by atoms with Crippen LogP contribution in [0.1, 0.15) is 34.8 Å². The Bertz CT molecular complexity index is 540. The predicted octanol–water partition coefficient (Wildman–Crippen LogP) is 0.282. The fourth-order valence-corrected chi connectivity index (χ4v) is 1.49. The van der Waals surface area contributed by atoms with E-state index in [4.69, 9.17) is 5.11 Å². The molecule has 0 unspecified atom stereocenters. The zero-order valence-electron chi connectivity index (χ0n) is 11.6. The zero-order valence-corrected chi connectivity index (χ0v) is 11.6. The normalized spacial score (nSPS) is 10.8. The molecule has 2 amide bonds. The van der Waals surface area contributed by atoms with Gasteiger partial charge in [0.15, 0.2) is 0 Å². The number of pyridine rings is 1. The van der Waals surface area contributed by atoms with Crippen molar-refractivity contribution in [2.24, 2.45) is 5.41 Å². The number of hydrogen-bond acceptors (Lipinski definition) is 4. The number of hydrogen-bond donors (Lipinski definition) is 3. The number of aromatic carboxylic acids is 1. The van der Waals surface area contributed by atoms with Gasteiger partial charge in [-0.2, -0.15) is 0 Å². The summed E-state index contributed by atoms with van der Waals surface area (Å²) in [5.74, 6) is -1.93. The third kappa shape index (κ3) is 3.78. The first-order chi connectivity index (χ1) is 9.27. The van der Waals surface area contributed by atoms with Crippen LogP contribution in [0.4, 0.5) is 0 Å². The predicted molar refractivity (Wildman–Crippen MR) is 71.4 cm³/mol. The molecule has 0 aliphatic rings. The zero-order chi connectivity index (χ0) is 15.3. The van der Waals surface area contributed by atoms with E-state index in [1.807, 2.05) is 0 Å². The van der Waals surface area contributed by atoms with Crippen molar-refractivity contribution in [1.82, 2.24) is 15.6 Å². The highest BCUT2D eigenvalue weighted by molar-refractivity contribution is 5.94. The van der Waals surface area contributed by atoms with Gasteiger partial charge in [-0.15, -0.1) is 0 Å². The summed E-state index contributed by atoms with van der Waals surface area (Å²) in [7, 11) is 1.52. The Hall–Kier alpha value is -2.44. The van der Waals surface area contributed by atoms with Crippen molar-refractivity contribution in [3.8, 4) is 0 Å². The van der Waals surface area contributed by atoms with Crippen molar-refractivity contribution in [2.75, 3.05) is 13.6 Å². The molecular formula is C13H17N3O4. The molecule has 108 valence electrons. The second-order valence-corrected chi connectivity index (χ2v) is 4.86. The Morgan fingerprint density at radius 2 is 1.85 bits per heavy atom. The van der Waals surface area contributed by atoms with E-state index in [1.54, 1.807) is 13.8 Å². The van der Waals surface area contributed by atoms with E-state index < -0.39 is 17.3 Å². The number of carbonyl (C=O) groups is 3. The molecule has 3 N–H and O–H groups in total. The van der Waals surface area contributed by atoms with Crippen molar-refractivity contribution >= 4 is 17.8 Å². The van der Waals surface area contributed by atoms with Crippen molar-refractivity contribution < 1.29 is 19.5 Å². The number of carboxylic acids is 1. The van der Waals surface area contributed by atoms with E-state index >= 15 is 0 Å². The number of aromatic nitrogens is 1. The molecule has 1 aromatic heterocycles. The molecule has 0 fully saturated rings. The van der Waals surface area contributed by atoms with Gasteiger partial charge < -0.3 is 15.7 Å². The molecule has 0 saturated carbocycles. The highest BCUT2D eigenvalue weighted by Gasteiger charge is 2.27. The molecule has 20 heavy (non-hydrogen) atoms. The Morgan fingerprint density at radius 3 is 2.40 bits per heavy atom. The highest BCUT2D eigenvalue weighted by atomic mass is 16.4. The molecule has 0 radical (unpaired) electrons. The summed E-state index contributed by atoms with van der Waals surface area (Å²) >= 11 is 0. The third-order valence-electron chi connectivity index (χ3n) is 2.73. The summed E-state index contributed by atoms with van der Waals surface area (Å²) < 4.78 is 0. The SMILES string of the molecule is CNC(=O)C(C)(C)CNC(=O)c1cccc(C(=O)O)n1. The van der Waals surface area contributed by atoms with Crippen LogP contribution in [0.3, 0.4) is 0 Å². The van der Waals surface area contributed by atoms with Crippen LogP contribution in [-0.2, 0) is 4.79 Å². The lowest BCUT2D eigenvalue weighted by Crippen LogP contribution is -2.43. The van der Waals surface area contributed by atoms with Gasteiger partial charge in [0, 0.05) is 13.6 Å². The van der Waals surface area contributed by atoms with Gasteiger partial charge in [-0.05, 0) is 26.0 Å². The largest absolute Gasteiger partial charge is 0.477 e. The molecule has 0 aliphatic carbocycles. The molecule has 1 heterocycles. The molecule has 0 bridgehead atoms. The summed E-state index contributed by atoms with van der Waals surface area (Å²) in [4.78, 5) is 37.9. The topological polar surface area (TPSA) is 108 Å². The van der Waals surface area contributed by atoms with E-state index in [0.29, 0.717) is 0 Å². The smallest absolute Gasteiger partial charge is 0.354 e. The van der Waals surface area contributed by atoms with Crippen LogP contribution in [-0.4, -0.2) is 41.5 Å². The number of nitrogens with one attached hydrogen (secondary N) is 2. The number of nitrogens with zero attached hydrogens (tertiary/aromatic N) is 1. The maximum atomic E-state index is 11.9. The molecule has 0 aliphatic heterocycles. The van der Waals surface area contributed by atoms with Gasteiger partial charge in [0.2, 0.25) is 5.91 Å². The second-order valence-electron chi connectivity index (χ2n) is 4.86. The van der Waals surface area contributed by atoms with Crippen molar-refractivity contribution in [3.63, 3.8) is 0 Å². The van der Waals surface area contributed by atoms with Crippen LogP contribution in [0.15, 0.2) is 18.2 Å². The first-order valence-corrected chi connectivity index (χ1v) is 5.98. The first kappa shape index (κ1) is 15.6. The molecule has 0 aromatic carbocycles. The highest BCUT2D eigenvalue weighted by Crippen LogP contribution is 2.13. The lowest BCUT2D eigenvalue weighted by molar-refractivity contribution is -0.128. The van der Waals surface area contributed by atoms with Gasteiger partial charge in [-0.1, -0.05) is 6.07 Å². The van der Waals surface area contributed by atoms with Gasteiger partial charge in [0.1, 0.15) is 11.4 Å². The minimum absolute atomic E-state index is 0.00222. The molecular weight excluding hydrogens is 262 g/mol. The fourth-order valence-electron chi connectivity index (χ4n) is 1.49. The molecule has 0 atom stereocenters. The molecule has 1 rings (SSSR count). The Kier molecular flexibility index (Phi) is 4.79. The Labute approximate surface area is 116 Å². The number of carbonyl (C=O) groups excluding carboxylic acids is 2. The quantitative estimate of drug-likeness (QED) is 0.717. The molecule has 0 saturated heterocycles. The third-order valence-corrected chi connectivity index (χ3v) is 2.73. The summed E-state index contributed by atoms with van der Waals surface area (Å²) in [6, 6.07) is 4.15. The molecule has 7 nitrogen and oxygen atoms in total. The Morgan fingerprint density at radius 1 is 1.25 bits per heavy atom. The molecule has 7 heteroatoms. The average Bonchev–Trinajstić information content (AvgIpc) is 2.43. The average molecular weight is 279 g/mol. The van der Waals surface area contributed by atoms with Crippen molar-refractivity contribution in [2.45, 2.75) is 13.8 Å². The van der Waals surface area contributed by atoms with E-state index in [9.17, 15) is 14.4 Å². The minimum Gasteiger partial charge on any atom is -0.477 e.